The van der Waals surface area contributed by atoms with Crippen LogP contribution in [-0.2, 0) is 0 Å². The van der Waals surface area contributed by atoms with Crippen molar-refractivity contribution < 1.29 is 0 Å². The molecule has 0 aliphatic heterocycles. The van der Waals surface area contributed by atoms with E-state index in [-0.39, 0.29) is 0 Å². The van der Waals surface area contributed by atoms with E-state index in [1.54, 1.807) is 0 Å². The molecule has 1 fully saturated rings. The Morgan fingerprint density at radius 3 is 2.55 bits per heavy atom. The zero-order valence-corrected chi connectivity index (χ0v) is 8.01. The highest BCUT2D eigenvalue weighted by molar-refractivity contribution is 4.99. The fraction of sp³-hybridized carbons (Fsp3) is 0.818. The van der Waals surface area contributed by atoms with Gasteiger partial charge < -0.3 is 0 Å². The van der Waals surface area contributed by atoms with Crippen LogP contribution >= 0.6 is 0 Å². The van der Waals surface area contributed by atoms with Gasteiger partial charge in [-0.05, 0) is 30.6 Å². The average molecular weight is 152 g/mol. The van der Waals surface area contributed by atoms with Gasteiger partial charge in [-0.2, -0.15) is 0 Å². The minimum absolute atomic E-state index is 0.903. The highest BCUT2D eigenvalue weighted by Crippen LogP contribution is 2.42. The summed E-state index contributed by atoms with van der Waals surface area (Å²) in [6, 6.07) is 0. The molecule has 0 bridgehead atoms. The minimum Gasteiger partial charge on any atom is -0.0885 e. The van der Waals surface area contributed by atoms with Crippen molar-refractivity contribution in [3.8, 4) is 0 Å². The lowest BCUT2D eigenvalue weighted by molar-refractivity contribution is 0.122. The van der Waals surface area contributed by atoms with Crippen LogP contribution < -0.4 is 0 Å². The molecule has 1 aliphatic rings. The molecule has 0 saturated heterocycles. The Morgan fingerprint density at radius 2 is 2.09 bits per heavy atom. The predicted octanol–water partition coefficient (Wildman–Crippen LogP) is 3.63. The van der Waals surface area contributed by atoms with Crippen LogP contribution in [0.5, 0.6) is 0 Å². The molecule has 3 unspecified atom stereocenters. The number of rotatable bonds is 3. The molecule has 0 aromatic carbocycles. The number of allylic oxidation sites excluding steroid dienone is 2. The molecule has 0 spiro atoms. The maximum Gasteiger partial charge on any atom is -0.0202 e. The summed E-state index contributed by atoms with van der Waals surface area (Å²) in [6.07, 6.45) is 8.73. The van der Waals surface area contributed by atoms with E-state index in [0.717, 1.165) is 17.8 Å². The number of hydrogen-bond donors (Lipinski definition) is 0. The highest BCUT2D eigenvalue weighted by Gasteiger charge is 2.33. The van der Waals surface area contributed by atoms with E-state index >= 15 is 0 Å². The van der Waals surface area contributed by atoms with E-state index in [0.29, 0.717) is 0 Å². The average Bonchev–Trinajstić information content (AvgIpc) is 2.03. The van der Waals surface area contributed by atoms with Crippen LogP contribution in [0.25, 0.3) is 0 Å². The van der Waals surface area contributed by atoms with Crippen molar-refractivity contribution in [2.75, 3.05) is 0 Å². The van der Waals surface area contributed by atoms with Crippen LogP contribution in [0.4, 0.5) is 0 Å². The fourth-order valence-electron chi connectivity index (χ4n) is 2.04. The quantitative estimate of drug-likeness (QED) is 0.542. The van der Waals surface area contributed by atoms with E-state index in [1.807, 2.05) is 0 Å². The van der Waals surface area contributed by atoms with Gasteiger partial charge in [-0.15, -0.1) is 0 Å². The molecule has 0 heteroatoms. The Bertz CT molecular complexity index is 135. The van der Waals surface area contributed by atoms with Crippen molar-refractivity contribution in [3.05, 3.63) is 12.2 Å². The second-order valence-electron chi connectivity index (χ2n) is 3.76. The summed E-state index contributed by atoms with van der Waals surface area (Å²) in [5, 5.41) is 0. The molecule has 0 heterocycles. The standard InChI is InChI=1S/C11H20/c1-4-6-7-11-8-10(5-2)9(11)3/h6-7,9-11H,4-5,8H2,1-3H3/b7-6+. The second-order valence-corrected chi connectivity index (χ2v) is 3.76. The molecule has 1 rings (SSSR count). The first-order valence-corrected chi connectivity index (χ1v) is 4.96. The van der Waals surface area contributed by atoms with E-state index in [4.69, 9.17) is 0 Å². The summed E-state index contributed by atoms with van der Waals surface area (Å²) < 4.78 is 0. The third-order valence-electron chi connectivity index (χ3n) is 3.14. The van der Waals surface area contributed by atoms with Crippen LogP contribution in [0.1, 0.15) is 40.0 Å². The molecule has 0 nitrogen and oxygen atoms in total. The Kier molecular flexibility index (Phi) is 3.16. The molecule has 11 heavy (non-hydrogen) atoms. The Labute approximate surface area is 70.7 Å². The summed E-state index contributed by atoms with van der Waals surface area (Å²) in [5.74, 6) is 2.87. The van der Waals surface area contributed by atoms with E-state index in [2.05, 4.69) is 32.9 Å². The van der Waals surface area contributed by atoms with Crippen LogP contribution in [0.15, 0.2) is 12.2 Å². The SMILES string of the molecule is CC/C=C/C1CC(CC)C1C. The van der Waals surface area contributed by atoms with Gasteiger partial charge in [0, 0.05) is 0 Å². The first-order chi connectivity index (χ1) is 5.29. The van der Waals surface area contributed by atoms with Crippen LogP contribution in [-0.4, -0.2) is 0 Å². The first-order valence-electron chi connectivity index (χ1n) is 4.96. The monoisotopic (exact) mass is 152 g/mol. The summed E-state index contributed by atoms with van der Waals surface area (Å²) in [6.45, 7) is 6.90. The molecule has 0 N–H and O–H groups in total. The van der Waals surface area contributed by atoms with Gasteiger partial charge in [-0.3, -0.25) is 0 Å². The maximum absolute atomic E-state index is 2.41. The van der Waals surface area contributed by atoms with Gasteiger partial charge in [0.15, 0.2) is 0 Å². The maximum atomic E-state index is 2.41. The van der Waals surface area contributed by atoms with Crippen molar-refractivity contribution in [3.63, 3.8) is 0 Å². The Morgan fingerprint density at radius 1 is 1.36 bits per heavy atom. The van der Waals surface area contributed by atoms with Crippen molar-refractivity contribution in [2.45, 2.75) is 40.0 Å². The van der Waals surface area contributed by atoms with Gasteiger partial charge in [0.25, 0.3) is 0 Å². The van der Waals surface area contributed by atoms with Gasteiger partial charge in [0.2, 0.25) is 0 Å². The minimum atomic E-state index is 0.903. The summed E-state index contributed by atoms with van der Waals surface area (Å²) >= 11 is 0. The summed E-state index contributed by atoms with van der Waals surface area (Å²) in [7, 11) is 0. The Hall–Kier alpha value is -0.260. The molecule has 0 aromatic rings. The largest absolute Gasteiger partial charge is 0.0885 e. The zero-order valence-electron chi connectivity index (χ0n) is 8.01. The van der Waals surface area contributed by atoms with Crippen molar-refractivity contribution in [2.24, 2.45) is 17.8 Å². The van der Waals surface area contributed by atoms with Crippen molar-refractivity contribution in [1.29, 1.82) is 0 Å². The molecule has 0 radical (unpaired) electrons. The predicted molar refractivity (Wildman–Crippen MR) is 50.5 cm³/mol. The molecular formula is C11H20. The normalized spacial score (nSPS) is 37.5. The molecule has 1 aliphatic carbocycles. The smallest absolute Gasteiger partial charge is 0.0202 e. The van der Waals surface area contributed by atoms with Crippen LogP contribution in [0.3, 0.4) is 0 Å². The topological polar surface area (TPSA) is 0 Å². The highest BCUT2D eigenvalue weighted by atomic mass is 14.4. The third kappa shape index (κ3) is 1.85. The lowest BCUT2D eigenvalue weighted by atomic mass is 9.64. The van der Waals surface area contributed by atoms with Gasteiger partial charge in [-0.1, -0.05) is 39.3 Å². The molecular weight excluding hydrogens is 132 g/mol. The van der Waals surface area contributed by atoms with Crippen molar-refractivity contribution in [1.82, 2.24) is 0 Å². The van der Waals surface area contributed by atoms with Gasteiger partial charge in [-0.25, -0.2) is 0 Å². The van der Waals surface area contributed by atoms with E-state index < -0.39 is 0 Å². The summed E-state index contributed by atoms with van der Waals surface area (Å²) in [4.78, 5) is 0. The van der Waals surface area contributed by atoms with E-state index in [9.17, 15) is 0 Å². The second kappa shape index (κ2) is 3.94. The zero-order chi connectivity index (χ0) is 8.27. The van der Waals surface area contributed by atoms with Gasteiger partial charge in [0.05, 0.1) is 0 Å². The fourth-order valence-corrected chi connectivity index (χ4v) is 2.04. The third-order valence-corrected chi connectivity index (χ3v) is 3.14. The lowest BCUT2D eigenvalue weighted by Crippen LogP contribution is -2.32. The van der Waals surface area contributed by atoms with Crippen LogP contribution in [0, 0.1) is 17.8 Å². The van der Waals surface area contributed by atoms with Crippen molar-refractivity contribution >= 4 is 0 Å². The molecule has 0 amide bonds. The summed E-state index contributed by atoms with van der Waals surface area (Å²) in [5.41, 5.74) is 0. The molecule has 3 atom stereocenters. The number of hydrogen-bond acceptors (Lipinski definition) is 0. The first kappa shape index (κ1) is 8.83. The molecule has 64 valence electrons. The molecule has 0 aromatic heterocycles. The van der Waals surface area contributed by atoms with Gasteiger partial charge >= 0.3 is 0 Å². The van der Waals surface area contributed by atoms with Gasteiger partial charge in [0.1, 0.15) is 0 Å². The van der Waals surface area contributed by atoms with E-state index in [1.165, 1.54) is 19.3 Å². The lowest BCUT2D eigenvalue weighted by Gasteiger charge is -2.41. The molecule has 1 saturated carbocycles. The Balaban J connectivity index is 2.27. The van der Waals surface area contributed by atoms with Crippen LogP contribution in [0.2, 0.25) is 0 Å².